The molecule has 1 fully saturated rings. The number of aryl methyl sites for hydroxylation is 1. The predicted molar refractivity (Wildman–Crippen MR) is 130 cm³/mol. The molecule has 0 aromatic heterocycles. The number of amides is 3. The van der Waals surface area contributed by atoms with Gasteiger partial charge in [-0.25, -0.2) is 4.39 Å². The molecule has 0 radical (unpaired) electrons. The number of carbonyl (C=O) groups is 3. The molecule has 2 aliphatic heterocycles. The third-order valence-electron chi connectivity index (χ3n) is 6.04. The summed E-state index contributed by atoms with van der Waals surface area (Å²) in [5.74, 6) is -1.41. The summed E-state index contributed by atoms with van der Waals surface area (Å²) in [4.78, 5) is 41.1. The van der Waals surface area contributed by atoms with Crippen LogP contribution in [0.4, 0.5) is 15.8 Å². The van der Waals surface area contributed by atoms with Crippen molar-refractivity contribution in [2.24, 2.45) is 0 Å². The number of carbonyl (C=O) groups excluding carboxylic acids is 3. The number of hydrogen-bond acceptors (Lipinski definition) is 4. The van der Waals surface area contributed by atoms with Crippen LogP contribution in [0.3, 0.4) is 0 Å². The Morgan fingerprint density at radius 3 is 2.59 bits per heavy atom. The number of benzene rings is 3. The molecule has 3 amide bonds. The third-order valence-corrected chi connectivity index (χ3v) is 7.43. The smallest absolute Gasteiger partial charge is 0.269 e. The Morgan fingerprint density at radius 1 is 1.06 bits per heavy atom. The first-order valence-electron chi connectivity index (χ1n) is 10.9. The van der Waals surface area contributed by atoms with Crippen molar-refractivity contribution in [1.82, 2.24) is 5.32 Å². The Balaban J connectivity index is 1.45. The van der Waals surface area contributed by atoms with Gasteiger partial charge in [0.1, 0.15) is 12.4 Å². The van der Waals surface area contributed by atoms with E-state index in [1.54, 1.807) is 30.3 Å². The van der Waals surface area contributed by atoms with Gasteiger partial charge in [-0.3, -0.25) is 24.2 Å². The molecule has 34 heavy (non-hydrogen) atoms. The minimum Gasteiger partial charge on any atom is -0.350 e. The molecule has 3 aromatic carbocycles. The second-order valence-corrected chi connectivity index (χ2v) is 9.48. The molecular formula is C26H22FN3O3S. The van der Waals surface area contributed by atoms with E-state index < -0.39 is 10.7 Å². The van der Waals surface area contributed by atoms with Crippen LogP contribution < -0.4 is 15.1 Å². The normalized spacial score (nSPS) is 19.1. The molecule has 3 aromatic rings. The summed E-state index contributed by atoms with van der Waals surface area (Å²) in [6.07, 6.45) is 0. The summed E-state index contributed by atoms with van der Waals surface area (Å²) in [5.41, 5.74) is 3.58. The van der Waals surface area contributed by atoms with Gasteiger partial charge >= 0.3 is 0 Å². The second-order valence-electron chi connectivity index (χ2n) is 8.31. The van der Waals surface area contributed by atoms with Crippen molar-refractivity contribution in [3.8, 4) is 0 Å². The van der Waals surface area contributed by atoms with Crippen LogP contribution >= 0.6 is 11.8 Å². The maximum atomic E-state index is 14.0. The monoisotopic (exact) mass is 475 g/mol. The predicted octanol–water partition coefficient (Wildman–Crippen LogP) is 3.73. The van der Waals surface area contributed by atoms with Gasteiger partial charge in [0.05, 0.1) is 11.4 Å². The molecule has 1 unspecified atom stereocenters. The fraction of sp³-hybridized carbons (Fsp3) is 0.192. The van der Waals surface area contributed by atoms with E-state index in [9.17, 15) is 18.8 Å². The maximum Gasteiger partial charge on any atom is 0.269 e. The average Bonchev–Trinajstić information content (AvgIpc) is 3.29. The van der Waals surface area contributed by atoms with Crippen LogP contribution in [0.1, 0.15) is 16.7 Å². The Hall–Kier alpha value is -3.65. The molecule has 172 valence electrons. The van der Waals surface area contributed by atoms with E-state index in [0.717, 1.165) is 11.1 Å². The van der Waals surface area contributed by atoms with Gasteiger partial charge in [-0.1, -0.05) is 54.1 Å². The van der Waals surface area contributed by atoms with Crippen molar-refractivity contribution in [2.45, 2.75) is 18.3 Å². The maximum absolute atomic E-state index is 14.0. The van der Waals surface area contributed by atoms with Crippen LogP contribution in [-0.2, 0) is 25.8 Å². The van der Waals surface area contributed by atoms with E-state index in [-0.39, 0.29) is 30.0 Å². The summed E-state index contributed by atoms with van der Waals surface area (Å²) < 4.78 is 14.0. The molecule has 2 heterocycles. The second kappa shape index (κ2) is 8.61. The number of anilines is 2. The highest BCUT2D eigenvalue weighted by atomic mass is 32.2. The standard InChI is InChI=1S/C26H22FN3O3S/c1-17-9-11-18(12-10-17)14-28-23(31)15-29-22-8-3-2-7-21(22)26(25(29)33)30(24(32)16-34-26)20-6-4-5-19(27)13-20/h2-13H,14-16H2,1H3,(H,28,31). The third kappa shape index (κ3) is 3.64. The van der Waals surface area contributed by atoms with E-state index >= 15 is 0 Å². The minimum atomic E-state index is -1.38. The van der Waals surface area contributed by atoms with Crippen molar-refractivity contribution in [2.75, 3.05) is 22.1 Å². The van der Waals surface area contributed by atoms with Gasteiger partial charge < -0.3 is 5.32 Å². The van der Waals surface area contributed by atoms with Gasteiger partial charge in [0.15, 0.2) is 0 Å². The van der Waals surface area contributed by atoms with Gasteiger partial charge in [0.2, 0.25) is 16.7 Å². The summed E-state index contributed by atoms with van der Waals surface area (Å²) in [5, 5.41) is 2.87. The van der Waals surface area contributed by atoms with E-state index in [0.29, 0.717) is 23.5 Å². The largest absolute Gasteiger partial charge is 0.350 e. The molecular weight excluding hydrogens is 453 g/mol. The molecule has 8 heteroatoms. The van der Waals surface area contributed by atoms with Gasteiger partial charge in [0.25, 0.3) is 5.91 Å². The minimum absolute atomic E-state index is 0.0735. The Labute approximate surface area is 200 Å². The molecule has 5 rings (SSSR count). The first-order chi connectivity index (χ1) is 16.4. The van der Waals surface area contributed by atoms with Crippen LogP contribution in [0.2, 0.25) is 0 Å². The Bertz CT molecular complexity index is 1300. The van der Waals surface area contributed by atoms with Crippen LogP contribution in [0.15, 0.2) is 72.8 Å². The summed E-state index contributed by atoms with van der Waals surface area (Å²) in [7, 11) is 0. The molecule has 2 aliphatic rings. The van der Waals surface area contributed by atoms with Gasteiger partial charge in [-0.15, -0.1) is 11.8 Å². The number of nitrogens with zero attached hydrogens (tertiary/aromatic N) is 2. The molecule has 1 N–H and O–H groups in total. The zero-order chi connectivity index (χ0) is 23.9. The lowest BCUT2D eigenvalue weighted by molar-refractivity contribution is -0.125. The van der Waals surface area contributed by atoms with Crippen molar-refractivity contribution < 1.29 is 18.8 Å². The topological polar surface area (TPSA) is 69.7 Å². The van der Waals surface area contributed by atoms with Crippen molar-refractivity contribution >= 4 is 40.9 Å². The Kier molecular flexibility index (Phi) is 5.61. The van der Waals surface area contributed by atoms with Gasteiger partial charge in [-0.2, -0.15) is 0 Å². The molecule has 6 nitrogen and oxygen atoms in total. The van der Waals surface area contributed by atoms with E-state index in [4.69, 9.17) is 0 Å². The fourth-order valence-electron chi connectivity index (χ4n) is 4.43. The zero-order valence-corrected chi connectivity index (χ0v) is 19.3. The lowest BCUT2D eigenvalue weighted by Gasteiger charge is -2.33. The molecule has 0 bridgehead atoms. The van der Waals surface area contributed by atoms with Crippen molar-refractivity contribution in [3.63, 3.8) is 0 Å². The first-order valence-corrected chi connectivity index (χ1v) is 11.8. The van der Waals surface area contributed by atoms with Crippen molar-refractivity contribution in [3.05, 3.63) is 95.3 Å². The molecule has 1 atom stereocenters. The summed E-state index contributed by atoms with van der Waals surface area (Å²) >= 11 is 1.19. The Morgan fingerprint density at radius 2 is 1.82 bits per heavy atom. The first kappa shape index (κ1) is 22.2. The number of halogens is 1. The highest BCUT2D eigenvalue weighted by Gasteiger charge is 2.61. The number of para-hydroxylation sites is 1. The SMILES string of the molecule is Cc1ccc(CNC(=O)CN2C(=O)C3(SCC(=O)N3c3cccc(F)c3)c3ccccc32)cc1. The van der Waals surface area contributed by atoms with Crippen LogP contribution in [-0.4, -0.2) is 30.0 Å². The lowest BCUT2D eigenvalue weighted by Crippen LogP contribution is -2.51. The summed E-state index contributed by atoms with van der Waals surface area (Å²) in [6.45, 7) is 2.15. The van der Waals surface area contributed by atoms with Gasteiger partial charge in [-0.05, 0) is 36.8 Å². The number of rotatable bonds is 5. The number of nitrogens with one attached hydrogen (secondary N) is 1. The fourth-order valence-corrected chi connectivity index (χ4v) is 5.79. The summed E-state index contributed by atoms with van der Waals surface area (Å²) in [6, 6.07) is 20.6. The van der Waals surface area contributed by atoms with E-state index in [2.05, 4.69) is 5.32 Å². The van der Waals surface area contributed by atoms with E-state index in [1.807, 2.05) is 31.2 Å². The molecule has 0 saturated carbocycles. The lowest BCUT2D eigenvalue weighted by atomic mass is 10.0. The molecule has 1 saturated heterocycles. The quantitative estimate of drug-likeness (QED) is 0.611. The van der Waals surface area contributed by atoms with E-state index in [1.165, 1.54) is 39.8 Å². The zero-order valence-electron chi connectivity index (χ0n) is 18.5. The van der Waals surface area contributed by atoms with Crippen LogP contribution in [0.5, 0.6) is 0 Å². The molecule has 0 aliphatic carbocycles. The molecule has 1 spiro atoms. The average molecular weight is 476 g/mol. The number of thioether (sulfide) groups is 1. The van der Waals surface area contributed by atoms with Crippen LogP contribution in [0.25, 0.3) is 0 Å². The highest BCUT2D eigenvalue weighted by molar-refractivity contribution is 8.02. The van der Waals surface area contributed by atoms with Crippen molar-refractivity contribution in [1.29, 1.82) is 0 Å². The van der Waals surface area contributed by atoms with Gasteiger partial charge in [0, 0.05) is 17.8 Å². The van der Waals surface area contributed by atoms with Crippen LogP contribution in [0, 0.1) is 12.7 Å². The highest BCUT2D eigenvalue weighted by Crippen LogP contribution is 2.55. The number of fused-ring (bicyclic) bond motifs is 2. The number of hydrogen-bond donors (Lipinski definition) is 1.